The summed E-state index contributed by atoms with van der Waals surface area (Å²) in [5, 5.41) is 0. The molecule has 1 saturated heterocycles. The molecule has 0 bridgehead atoms. The molecule has 0 radical (unpaired) electrons. The molecule has 3 atom stereocenters. The molecule has 1 aromatic rings. The minimum absolute atomic E-state index is 0.0723. The zero-order chi connectivity index (χ0) is 11.5. The van der Waals surface area contributed by atoms with Crippen LogP contribution in [0.15, 0.2) is 18.5 Å². The number of hydrazine groups is 1. The van der Waals surface area contributed by atoms with Gasteiger partial charge in [0.25, 0.3) is 0 Å². The molecular weight excluding hydrogens is 209 g/mol. The van der Waals surface area contributed by atoms with E-state index < -0.39 is 0 Å². The average Bonchev–Trinajstić information content (AvgIpc) is 2.69. The maximum Gasteiger partial charge on any atom is 0.146 e. The summed E-state index contributed by atoms with van der Waals surface area (Å²) in [6, 6.07) is 1.32. The lowest BCUT2D eigenvalue weighted by atomic mass is 10.0. The highest BCUT2D eigenvalue weighted by Gasteiger charge is 2.31. The van der Waals surface area contributed by atoms with Crippen LogP contribution in [-0.2, 0) is 4.74 Å². The van der Waals surface area contributed by atoms with Crippen molar-refractivity contribution in [3.05, 3.63) is 29.8 Å². The van der Waals surface area contributed by atoms with E-state index >= 15 is 0 Å². The Labute approximate surface area is 94.0 Å². The maximum absolute atomic E-state index is 13.6. The van der Waals surface area contributed by atoms with Crippen LogP contribution in [0.25, 0.3) is 0 Å². The predicted octanol–water partition coefficient (Wildman–Crippen LogP) is 1.29. The second kappa shape index (κ2) is 4.86. The minimum Gasteiger partial charge on any atom is -0.373 e. The number of pyridine rings is 1. The Kier molecular flexibility index (Phi) is 3.48. The van der Waals surface area contributed by atoms with E-state index in [0.717, 1.165) is 12.8 Å². The van der Waals surface area contributed by atoms with Crippen molar-refractivity contribution < 1.29 is 9.13 Å². The number of hydrogen-bond donors (Lipinski definition) is 2. The Morgan fingerprint density at radius 3 is 3.00 bits per heavy atom. The third-order valence-electron chi connectivity index (χ3n) is 2.96. The Morgan fingerprint density at radius 2 is 2.44 bits per heavy atom. The molecule has 0 aromatic carbocycles. The number of nitrogens with one attached hydrogen (secondary N) is 1. The van der Waals surface area contributed by atoms with Gasteiger partial charge in [0, 0.05) is 11.8 Å². The van der Waals surface area contributed by atoms with Crippen LogP contribution in [0.3, 0.4) is 0 Å². The summed E-state index contributed by atoms with van der Waals surface area (Å²) in [5.41, 5.74) is 3.14. The highest BCUT2D eigenvalue weighted by molar-refractivity contribution is 5.19. The average molecular weight is 225 g/mol. The first-order valence-electron chi connectivity index (χ1n) is 5.43. The summed E-state index contributed by atoms with van der Waals surface area (Å²) in [6.45, 7) is 2.01. The van der Waals surface area contributed by atoms with Gasteiger partial charge in [0.1, 0.15) is 5.82 Å². The summed E-state index contributed by atoms with van der Waals surface area (Å²) >= 11 is 0. The van der Waals surface area contributed by atoms with Gasteiger partial charge < -0.3 is 4.74 Å². The number of nitrogens with two attached hydrogens (primary N) is 1. The highest BCUT2D eigenvalue weighted by atomic mass is 19.1. The zero-order valence-corrected chi connectivity index (χ0v) is 9.19. The van der Waals surface area contributed by atoms with Crippen molar-refractivity contribution >= 4 is 0 Å². The molecule has 1 aliphatic heterocycles. The van der Waals surface area contributed by atoms with Crippen molar-refractivity contribution in [2.24, 2.45) is 5.84 Å². The Balaban J connectivity index is 2.19. The summed E-state index contributed by atoms with van der Waals surface area (Å²) in [4.78, 5) is 3.72. The molecule has 2 heterocycles. The molecule has 1 aliphatic rings. The second-order valence-electron chi connectivity index (χ2n) is 4.10. The molecule has 88 valence electrons. The van der Waals surface area contributed by atoms with Gasteiger partial charge in [-0.15, -0.1) is 0 Å². The van der Waals surface area contributed by atoms with E-state index in [2.05, 4.69) is 10.4 Å². The molecule has 0 spiro atoms. The zero-order valence-electron chi connectivity index (χ0n) is 9.19. The fourth-order valence-electron chi connectivity index (χ4n) is 2.11. The first kappa shape index (κ1) is 11.4. The normalized spacial score (nSPS) is 26.9. The number of aromatic nitrogens is 1. The fraction of sp³-hybridized carbons (Fsp3) is 0.545. The van der Waals surface area contributed by atoms with Gasteiger partial charge in [0.2, 0.25) is 0 Å². The topological polar surface area (TPSA) is 60.2 Å². The Morgan fingerprint density at radius 1 is 1.62 bits per heavy atom. The van der Waals surface area contributed by atoms with Crippen LogP contribution in [0.4, 0.5) is 4.39 Å². The summed E-state index contributed by atoms with van der Waals surface area (Å²) in [5.74, 6) is 5.13. The van der Waals surface area contributed by atoms with Crippen LogP contribution in [0.5, 0.6) is 0 Å². The van der Waals surface area contributed by atoms with E-state index in [0.29, 0.717) is 5.56 Å². The first-order valence-corrected chi connectivity index (χ1v) is 5.43. The van der Waals surface area contributed by atoms with Gasteiger partial charge in [-0.3, -0.25) is 16.3 Å². The predicted molar refractivity (Wildman–Crippen MR) is 57.8 cm³/mol. The van der Waals surface area contributed by atoms with Gasteiger partial charge in [0.15, 0.2) is 0 Å². The Hall–Kier alpha value is -1.04. The van der Waals surface area contributed by atoms with Gasteiger partial charge in [-0.25, -0.2) is 4.39 Å². The molecule has 4 nitrogen and oxygen atoms in total. The molecule has 5 heteroatoms. The largest absolute Gasteiger partial charge is 0.373 e. The van der Waals surface area contributed by atoms with Gasteiger partial charge in [-0.1, -0.05) is 0 Å². The van der Waals surface area contributed by atoms with Crippen molar-refractivity contribution in [2.45, 2.75) is 38.0 Å². The lowest BCUT2D eigenvalue weighted by Gasteiger charge is -2.23. The minimum atomic E-state index is -0.353. The summed E-state index contributed by atoms with van der Waals surface area (Å²) in [6.07, 6.45) is 4.76. The standard InChI is InChI=1S/C11H16FN3O/c1-7-2-3-10(16-7)11(15-13)8-4-5-14-6-9(8)12/h4-7,10-11,15H,2-3,13H2,1H3. The van der Waals surface area contributed by atoms with Crippen molar-refractivity contribution in [2.75, 3.05) is 0 Å². The molecule has 1 fully saturated rings. The summed E-state index contributed by atoms with van der Waals surface area (Å²) < 4.78 is 19.3. The summed E-state index contributed by atoms with van der Waals surface area (Å²) in [7, 11) is 0. The molecule has 1 aromatic heterocycles. The number of ether oxygens (including phenoxy) is 1. The van der Waals surface area contributed by atoms with Crippen LogP contribution in [0.2, 0.25) is 0 Å². The monoisotopic (exact) mass is 225 g/mol. The van der Waals surface area contributed by atoms with E-state index in [-0.39, 0.29) is 24.1 Å². The van der Waals surface area contributed by atoms with Crippen molar-refractivity contribution in [3.8, 4) is 0 Å². The van der Waals surface area contributed by atoms with Crippen molar-refractivity contribution in [3.63, 3.8) is 0 Å². The van der Waals surface area contributed by atoms with Crippen LogP contribution >= 0.6 is 0 Å². The van der Waals surface area contributed by atoms with Gasteiger partial charge in [-0.05, 0) is 25.8 Å². The number of hydrogen-bond acceptors (Lipinski definition) is 4. The molecule has 0 amide bonds. The molecule has 16 heavy (non-hydrogen) atoms. The third-order valence-corrected chi connectivity index (χ3v) is 2.96. The smallest absolute Gasteiger partial charge is 0.146 e. The molecule has 0 saturated carbocycles. The van der Waals surface area contributed by atoms with Crippen LogP contribution in [-0.4, -0.2) is 17.2 Å². The fourth-order valence-corrected chi connectivity index (χ4v) is 2.11. The van der Waals surface area contributed by atoms with Gasteiger partial charge >= 0.3 is 0 Å². The van der Waals surface area contributed by atoms with E-state index in [9.17, 15) is 4.39 Å². The van der Waals surface area contributed by atoms with Crippen LogP contribution in [0, 0.1) is 5.82 Å². The lowest BCUT2D eigenvalue weighted by Crippen LogP contribution is -2.37. The lowest BCUT2D eigenvalue weighted by molar-refractivity contribution is 0.0308. The van der Waals surface area contributed by atoms with Crippen LogP contribution in [0.1, 0.15) is 31.4 Å². The Bertz CT molecular complexity index is 361. The van der Waals surface area contributed by atoms with Gasteiger partial charge in [-0.2, -0.15) is 0 Å². The maximum atomic E-state index is 13.6. The second-order valence-corrected chi connectivity index (χ2v) is 4.10. The van der Waals surface area contributed by atoms with Crippen molar-refractivity contribution in [1.29, 1.82) is 0 Å². The van der Waals surface area contributed by atoms with E-state index in [1.54, 1.807) is 12.3 Å². The SMILES string of the molecule is CC1CCC(C(NN)c2ccncc2F)O1. The van der Waals surface area contributed by atoms with Crippen molar-refractivity contribution in [1.82, 2.24) is 10.4 Å². The van der Waals surface area contributed by atoms with E-state index in [4.69, 9.17) is 10.6 Å². The highest BCUT2D eigenvalue weighted by Crippen LogP contribution is 2.30. The number of nitrogens with zero attached hydrogens (tertiary/aromatic N) is 1. The van der Waals surface area contributed by atoms with Gasteiger partial charge in [0.05, 0.1) is 24.4 Å². The molecule has 3 N–H and O–H groups in total. The quantitative estimate of drug-likeness (QED) is 0.601. The number of rotatable bonds is 3. The molecule has 2 rings (SSSR count). The molecular formula is C11H16FN3O. The number of halogens is 1. The van der Waals surface area contributed by atoms with Crippen LogP contribution < -0.4 is 11.3 Å². The third kappa shape index (κ3) is 2.21. The van der Waals surface area contributed by atoms with E-state index in [1.165, 1.54) is 6.20 Å². The first-order chi connectivity index (χ1) is 7.72. The molecule has 0 aliphatic carbocycles. The van der Waals surface area contributed by atoms with E-state index in [1.807, 2.05) is 6.92 Å². The molecule has 3 unspecified atom stereocenters.